The Morgan fingerprint density at radius 2 is 1.89 bits per heavy atom. The summed E-state index contributed by atoms with van der Waals surface area (Å²) in [7, 11) is 3.47. The third kappa shape index (κ3) is 3.35. The molecule has 0 bridgehead atoms. The van der Waals surface area contributed by atoms with Crippen LogP contribution in [0.2, 0.25) is 0 Å². The molecule has 2 N–H and O–H groups in total. The van der Waals surface area contributed by atoms with Crippen LogP contribution < -0.4 is 15.4 Å². The number of hydrogen-bond donors (Lipinski definition) is 2. The van der Waals surface area contributed by atoms with E-state index in [1.807, 2.05) is 38.2 Å². The zero-order chi connectivity index (χ0) is 13.8. The first kappa shape index (κ1) is 13.6. The number of hydrogen-bond acceptors (Lipinski definition) is 5. The van der Waals surface area contributed by atoms with Gasteiger partial charge in [0.2, 0.25) is 0 Å². The van der Waals surface area contributed by atoms with Crippen molar-refractivity contribution >= 4 is 33.3 Å². The van der Waals surface area contributed by atoms with E-state index in [1.165, 1.54) is 0 Å². The molecule has 1 heterocycles. The Hall–Kier alpha value is -1.82. The van der Waals surface area contributed by atoms with Crippen LogP contribution in [0, 0.1) is 6.92 Å². The van der Waals surface area contributed by atoms with Crippen molar-refractivity contribution < 1.29 is 4.74 Å². The van der Waals surface area contributed by atoms with Crippen molar-refractivity contribution in [3.05, 3.63) is 34.6 Å². The number of ether oxygens (including phenoxy) is 1. The highest BCUT2D eigenvalue weighted by Gasteiger charge is 2.05. The number of halogens is 1. The van der Waals surface area contributed by atoms with Gasteiger partial charge in [0.1, 0.15) is 23.2 Å². The van der Waals surface area contributed by atoms with Crippen LogP contribution in [0.25, 0.3) is 0 Å². The van der Waals surface area contributed by atoms with Crippen molar-refractivity contribution in [3.8, 4) is 5.75 Å². The van der Waals surface area contributed by atoms with Gasteiger partial charge in [0.05, 0.1) is 12.8 Å². The molecular formula is C13H15BrN4O. The molecule has 0 aliphatic heterocycles. The largest absolute Gasteiger partial charge is 0.497 e. The minimum Gasteiger partial charge on any atom is -0.497 e. The minimum absolute atomic E-state index is 0.702. The Kier molecular flexibility index (Phi) is 4.21. The fourth-order valence-electron chi connectivity index (χ4n) is 1.62. The molecular weight excluding hydrogens is 308 g/mol. The monoisotopic (exact) mass is 322 g/mol. The first-order valence-corrected chi connectivity index (χ1v) is 6.55. The van der Waals surface area contributed by atoms with Crippen molar-refractivity contribution in [2.75, 3.05) is 24.8 Å². The Balaban J connectivity index is 2.32. The molecule has 0 aliphatic carbocycles. The van der Waals surface area contributed by atoms with Crippen LogP contribution in [0.5, 0.6) is 5.75 Å². The molecule has 0 fully saturated rings. The van der Waals surface area contributed by atoms with Crippen molar-refractivity contribution in [2.24, 2.45) is 0 Å². The molecule has 0 amide bonds. The van der Waals surface area contributed by atoms with Gasteiger partial charge in [0, 0.05) is 23.7 Å². The smallest absolute Gasteiger partial charge is 0.136 e. The second-order valence-corrected chi connectivity index (χ2v) is 4.76. The zero-order valence-corrected chi connectivity index (χ0v) is 12.6. The predicted octanol–water partition coefficient (Wildman–Crippen LogP) is 3.34. The van der Waals surface area contributed by atoms with Gasteiger partial charge in [-0.05, 0) is 35.0 Å². The van der Waals surface area contributed by atoms with E-state index in [0.717, 1.165) is 27.5 Å². The molecule has 100 valence electrons. The molecule has 0 atom stereocenters. The Labute approximate surface area is 120 Å². The third-order valence-corrected chi connectivity index (χ3v) is 3.22. The summed E-state index contributed by atoms with van der Waals surface area (Å²) >= 11 is 3.49. The van der Waals surface area contributed by atoms with Gasteiger partial charge in [-0.2, -0.15) is 0 Å². The van der Waals surface area contributed by atoms with E-state index in [-0.39, 0.29) is 0 Å². The van der Waals surface area contributed by atoms with Crippen LogP contribution in [-0.2, 0) is 0 Å². The van der Waals surface area contributed by atoms with E-state index in [2.05, 4.69) is 36.5 Å². The normalized spacial score (nSPS) is 10.1. The van der Waals surface area contributed by atoms with E-state index in [9.17, 15) is 0 Å². The lowest BCUT2D eigenvalue weighted by atomic mass is 10.3. The van der Waals surface area contributed by atoms with Crippen LogP contribution in [0.4, 0.5) is 17.3 Å². The first-order valence-electron chi connectivity index (χ1n) is 5.76. The second kappa shape index (κ2) is 5.88. The van der Waals surface area contributed by atoms with Gasteiger partial charge in [0.25, 0.3) is 0 Å². The Morgan fingerprint density at radius 1 is 1.16 bits per heavy atom. The summed E-state index contributed by atoms with van der Waals surface area (Å²) in [6.45, 7) is 1.85. The molecule has 2 rings (SSSR count). The van der Waals surface area contributed by atoms with Crippen LogP contribution in [0.1, 0.15) is 5.82 Å². The van der Waals surface area contributed by atoms with Gasteiger partial charge in [-0.3, -0.25) is 0 Å². The second-order valence-electron chi connectivity index (χ2n) is 3.91. The summed E-state index contributed by atoms with van der Waals surface area (Å²) in [5.41, 5.74) is 0.888. The van der Waals surface area contributed by atoms with Gasteiger partial charge >= 0.3 is 0 Å². The standard InChI is InChI=1S/C13H15BrN4O/c1-8-16-12(15-2)7-13(17-8)18-11-6-9(19-3)4-5-10(11)14/h4-7H,1-3H3,(H2,15,16,17,18). The SMILES string of the molecule is CNc1cc(Nc2cc(OC)ccc2Br)nc(C)n1. The molecule has 6 heteroatoms. The van der Waals surface area contributed by atoms with Gasteiger partial charge in [-0.1, -0.05) is 0 Å². The van der Waals surface area contributed by atoms with Crippen LogP contribution in [-0.4, -0.2) is 24.1 Å². The summed E-state index contributed by atoms with van der Waals surface area (Å²) in [6.07, 6.45) is 0. The van der Waals surface area contributed by atoms with Crippen molar-refractivity contribution in [2.45, 2.75) is 6.92 Å². The molecule has 19 heavy (non-hydrogen) atoms. The molecule has 0 unspecified atom stereocenters. The van der Waals surface area contributed by atoms with Gasteiger partial charge in [-0.15, -0.1) is 0 Å². The predicted molar refractivity (Wildman–Crippen MR) is 80.3 cm³/mol. The zero-order valence-electron chi connectivity index (χ0n) is 11.0. The average molecular weight is 323 g/mol. The fourth-order valence-corrected chi connectivity index (χ4v) is 1.97. The molecule has 1 aromatic carbocycles. The van der Waals surface area contributed by atoms with E-state index in [0.29, 0.717) is 5.82 Å². The van der Waals surface area contributed by atoms with Gasteiger partial charge < -0.3 is 15.4 Å². The lowest BCUT2D eigenvalue weighted by Crippen LogP contribution is -2.01. The van der Waals surface area contributed by atoms with E-state index < -0.39 is 0 Å². The molecule has 0 aliphatic rings. The third-order valence-electron chi connectivity index (χ3n) is 2.53. The highest BCUT2D eigenvalue weighted by Crippen LogP contribution is 2.29. The van der Waals surface area contributed by atoms with Crippen molar-refractivity contribution in [1.29, 1.82) is 0 Å². The minimum atomic E-state index is 0.702. The summed E-state index contributed by atoms with van der Waals surface area (Å²) in [5, 5.41) is 6.25. The molecule has 0 radical (unpaired) electrons. The van der Waals surface area contributed by atoms with Crippen LogP contribution >= 0.6 is 15.9 Å². The molecule has 0 saturated carbocycles. The molecule has 2 aromatic rings. The number of rotatable bonds is 4. The number of anilines is 3. The molecule has 5 nitrogen and oxygen atoms in total. The van der Waals surface area contributed by atoms with Crippen LogP contribution in [0.15, 0.2) is 28.7 Å². The number of benzene rings is 1. The Bertz CT molecular complexity index is 589. The summed E-state index contributed by atoms with van der Waals surface area (Å²) < 4.78 is 6.15. The van der Waals surface area contributed by atoms with Crippen molar-refractivity contribution in [1.82, 2.24) is 9.97 Å². The lowest BCUT2D eigenvalue weighted by Gasteiger charge is -2.11. The van der Waals surface area contributed by atoms with E-state index >= 15 is 0 Å². The quantitative estimate of drug-likeness (QED) is 0.904. The maximum absolute atomic E-state index is 5.21. The van der Waals surface area contributed by atoms with Gasteiger partial charge in [-0.25, -0.2) is 9.97 Å². The first-order chi connectivity index (χ1) is 9.12. The van der Waals surface area contributed by atoms with Crippen LogP contribution in [0.3, 0.4) is 0 Å². The number of nitrogens with one attached hydrogen (secondary N) is 2. The molecule has 0 saturated heterocycles. The number of aryl methyl sites for hydroxylation is 1. The number of nitrogens with zero attached hydrogens (tertiary/aromatic N) is 2. The van der Waals surface area contributed by atoms with E-state index in [4.69, 9.17) is 4.74 Å². The molecule has 0 spiro atoms. The highest BCUT2D eigenvalue weighted by atomic mass is 79.9. The topological polar surface area (TPSA) is 59.1 Å². The molecule has 1 aromatic heterocycles. The summed E-state index contributed by atoms with van der Waals surface area (Å²) in [4.78, 5) is 8.60. The maximum atomic E-state index is 5.21. The lowest BCUT2D eigenvalue weighted by molar-refractivity contribution is 0.415. The highest BCUT2D eigenvalue weighted by molar-refractivity contribution is 9.10. The van der Waals surface area contributed by atoms with Gasteiger partial charge in [0.15, 0.2) is 0 Å². The number of aromatic nitrogens is 2. The maximum Gasteiger partial charge on any atom is 0.136 e. The number of methoxy groups -OCH3 is 1. The summed E-state index contributed by atoms with van der Waals surface area (Å²) in [5.74, 6) is 2.98. The van der Waals surface area contributed by atoms with Crippen molar-refractivity contribution in [3.63, 3.8) is 0 Å². The summed E-state index contributed by atoms with van der Waals surface area (Å²) in [6, 6.07) is 7.56. The fraction of sp³-hybridized carbons (Fsp3) is 0.231. The average Bonchev–Trinajstić information content (AvgIpc) is 2.40. The van der Waals surface area contributed by atoms with E-state index in [1.54, 1.807) is 7.11 Å². The Morgan fingerprint density at radius 3 is 2.58 bits per heavy atom.